The van der Waals surface area contributed by atoms with E-state index in [0.717, 1.165) is 0 Å². The molecule has 0 aromatic rings. The van der Waals surface area contributed by atoms with Crippen molar-refractivity contribution in [3.63, 3.8) is 0 Å². The van der Waals surface area contributed by atoms with E-state index < -0.39 is 24.5 Å². The fraction of sp³-hybridized carbons (Fsp3) is 0.571. The van der Waals surface area contributed by atoms with Crippen molar-refractivity contribution in [3.8, 4) is 0 Å². The molecule has 7 heteroatoms. The summed E-state index contributed by atoms with van der Waals surface area (Å²) in [5.74, 6) is -1.90. The Morgan fingerprint density at radius 3 is 2.86 bits per heavy atom. The van der Waals surface area contributed by atoms with Crippen LogP contribution in [0, 0.1) is 0 Å². The van der Waals surface area contributed by atoms with E-state index in [4.69, 9.17) is 5.11 Å². The minimum Gasteiger partial charge on any atom is -0.479 e. The molecular formula is C7H10N2O5. The normalized spacial score (nSPS) is 20.3. The summed E-state index contributed by atoms with van der Waals surface area (Å²) in [4.78, 5) is 36.2. The van der Waals surface area contributed by atoms with Crippen molar-refractivity contribution in [2.75, 3.05) is 6.61 Å². The van der Waals surface area contributed by atoms with E-state index in [1.165, 1.54) is 0 Å². The monoisotopic (exact) mass is 202 g/mol. The lowest BCUT2D eigenvalue weighted by Gasteiger charge is -2.09. The highest BCUT2D eigenvalue weighted by Gasteiger charge is 2.27. The lowest BCUT2D eigenvalue weighted by atomic mass is 10.2. The number of aliphatic carboxylic acids is 1. The molecule has 1 rings (SSSR count). The van der Waals surface area contributed by atoms with E-state index in [0.29, 0.717) is 12.8 Å². The second-order valence-electron chi connectivity index (χ2n) is 2.81. The Labute approximate surface area is 79.4 Å². The predicted molar refractivity (Wildman–Crippen MR) is 42.9 cm³/mol. The van der Waals surface area contributed by atoms with Crippen molar-refractivity contribution in [2.45, 2.75) is 18.9 Å². The molecule has 7 nitrogen and oxygen atoms in total. The summed E-state index contributed by atoms with van der Waals surface area (Å²) in [6, 6.07) is -0.615. The molecule has 1 fully saturated rings. The van der Waals surface area contributed by atoms with Crippen LogP contribution in [0.4, 0.5) is 0 Å². The highest BCUT2D eigenvalue weighted by Crippen LogP contribution is 2.05. The third-order valence-electron chi connectivity index (χ3n) is 1.68. The zero-order chi connectivity index (χ0) is 10.6. The first-order chi connectivity index (χ1) is 6.59. The summed E-state index contributed by atoms with van der Waals surface area (Å²) < 4.78 is 0. The molecule has 1 heterocycles. The smallest absolute Gasteiger partial charge is 0.332 e. The molecule has 0 unspecified atom stereocenters. The van der Waals surface area contributed by atoms with Gasteiger partial charge in [-0.3, -0.25) is 14.4 Å². The maximum absolute atomic E-state index is 11.1. The first kappa shape index (κ1) is 10.5. The van der Waals surface area contributed by atoms with E-state index in [-0.39, 0.29) is 5.91 Å². The Kier molecular flexibility index (Phi) is 3.41. The zero-order valence-electron chi connectivity index (χ0n) is 7.28. The van der Waals surface area contributed by atoms with Gasteiger partial charge in [0.25, 0.3) is 5.91 Å². The number of rotatable bonds is 4. The summed E-state index contributed by atoms with van der Waals surface area (Å²) in [5.41, 5.74) is 1.94. The van der Waals surface area contributed by atoms with Gasteiger partial charge in [-0.15, -0.1) is 0 Å². The summed E-state index contributed by atoms with van der Waals surface area (Å²) in [7, 11) is 0. The second-order valence-corrected chi connectivity index (χ2v) is 2.81. The summed E-state index contributed by atoms with van der Waals surface area (Å²) in [5, 5.41) is 10.6. The van der Waals surface area contributed by atoms with Crippen molar-refractivity contribution in [2.24, 2.45) is 0 Å². The molecule has 1 aliphatic rings. The minimum atomic E-state index is -1.18. The molecule has 1 saturated heterocycles. The lowest BCUT2D eigenvalue weighted by Crippen LogP contribution is -2.42. The van der Waals surface area contributed by atoms with E-state index in [9.17, 15) is 14.4 Å². The van der Waals surface area contributed by atoms with Crippen LogP contribution < -0.4 is 10.8 Å². The molecule has 0 aromatic heterocycles. The van der Waals surface area contributed by atoms with Gasteiger partial charge in [0, 0.05) is 6.42 Å². The molecule has 0 radical (unpaired) electrons. The van der Waals surface area contributed by atoms with Crippen molar-refractivity contribution in [1.82, 2.24) is 10.8 Å². The number of hydrogen-bond acceptors (Lipinski definition) is 4. The van der Waals surface area contributed by atoms with Gasteiger partial charge in [0.15, 0.2) is 6.61 Å². The van der Waals surface area contributed by atoms with E-state index in [1.807, 2.05) is 5.48 Å². The van der Waals surface area contributed by atoms with Gasteiger partial charge in [0.1, 0.15) is 6.04 Å². The fourth-order valence-corrected chi connectivity index (χ4v) is 1.05. The maximum Gasteiger partial charge on any atom is 0.332 e. The number of carboxylic acid groups (broad SMARTS) is 1. The van der Waals surface area contributed by atoms with Crippen LogP contribution in [0.25, 0.3) is 0 Å². The third-order valence-corrected chi connectivity index (χ3v) is 1.68. The Morgan fingerprint density at radius 2 is 2.36 bits per heavy atom. The maximum atomic E-state index is 11.1. The van der Waals surface area contributed by atoms with Gasteiger partial charge in [0.05, 0.1) is 0 Å². The molecule has 0 aliphatic carbocycles. The van der Waals surface area contributed by atoms with Gasteiger partial charge in [0.2, 0.25) is 5.91 Å². The van der Waals surface area contributed by atoms with Crippen LogP contribution in [-0.4, -0.2) is 35.5 Å². The molecule has 3 N–H and O–H groups in total. The standard InChI is InChI=1S/C7H10N2O5/c10-5-2-1-4(8-5)7(13)9-14-3-6(11)12/h4H,1-3H2,(H,8,10)(H,9,13)(H,11,12)/t4-/m1/s1. The molecular weight excluding hydrogens is 192 g/mol. The Hall–Kier alpha value is -1.63. The lowest BCUT2D eigenvalue weighted by molar-refractivity contribution is -0.150. The molecule has 1 aliphatic heterocycles. The Bertz CT molecular complexity index is 265. The molecule has 0 bridgehead atoms. The van der Waals surface area contributed by atoms with Crippen LogP contribution in [-0.2, 0) is 19.2 Å². The van der Waals surface area contributed by atoms with Crippen molar-refractivity contribution >= 4 is 17.8 Å². The van der Waals surface area contributed by atoms with Crippen LogP contribution in [0.5, 0.6) is 0 Å². The van der Waals surface area contributed by atoms with Crippen molar-refractivity contribution < 1.29 is 24.3 Å². The zero-order valence-corrected chi connectivity index (χ0v) is 7.28. The van der Waals surface area contributed by atoms with E-state index in [1.54, 1.807) is 0 Å². The molecule has 14 heavy (non-hydrogen) atoms. The number of carboxylic acids is 1. The average molecular weight is 202 g/mol. The first-order valence-corrected chi connectivity index (χ1v) is 4.02. The molecule has 0 saturated carbocycles. The molecule has 78 valence electrons. The van der Waals surface area contributed by atoms with Crippen LogP contribution in [0.2, 0.25) is 0 Å². The second kappa shape index (κ2) is 4.56. The molecule has 1 atom stereocenters. The van der Waals surface area contributed by atoms with E-state index in [2.05, 4.69) is 10.2 Å². The summed E-state index contributed by atoms with van der Waals surface area (Å²) in [6.07, 6.45) is 0.706. The highest BCUT2D eigenvalue weighted by atomic mass is 16.7. The van der Waals surface area contributed by atoms with Gasteiger partial charge < -0.3 is 10.4 Å². The SMILES string of the molecule is O=C(O)CONC(=O)[C@H]1CCC(=O)N1. The Morgan fingerprint density at radius 1 is 1.64 bits per heavy atom. The molecule has 0 aromatic carbocycles. The fourth-order valence-electron chi connectivity index (χ4n) is 1.05. The number of hydrogen-bond donors (Lipinski definition) is 3. The van der Waals surface area contributed by atoms with Gasteiger partial charge in [-0.05, 0) is 6.42 Å². The average Bonchev–Trinajstić information content (AvgIpc) is 2.51. The molecule has 0 spiro atoms. The van der Waals surface area contributed by atoms with Crippen molar-refractivity contribution in [3.05, 3.63) is 0 Å². The number of carbonyl (C=O) groups is 3. The third kappa shape index (κ3) is 3.02. The quantitative estimate of drug-likeness (QED) is 0.476. The van der Waals surface area contributed by atoms with Crippen LogP contribution in [0.1, 0.15) is 12.8 Å². The largest absolute Gasteiger partial charge is 0.479 e. The van der Waals surface area contributed by atoms with Crippen LogP contribution in [0.3, 0.4) is 0 Å². The predicted octanol–water partition coefficient (Wildman–Crippen LogP) is -1.60. The summed E-state index contributed by atoms with van der Waals surface area (Å²) in [6.45, 7) is -0.605. The van der Waals surface area contributed by atoms with Gasteiger partial charge >= 0.3 is 5.97 Å². The highest BCUT2D eigenvalue weighted by molar-refractivity contribution is 5.90. The number of amides is 2. The van der Waals surface area contributed by atoms with Gasteiger partial charge in [-0.25, -0.2) is 10.3 Å². The first-order valence-electron chi connectivity index (χ1n) is 4.02. The van der Waals surface area contributed by atoms with Crippen molar-refractivity contribution in [1.29, 1.82) is 0 Å². The molecule has 2 amide bonds. The number of carbonyl (C=O) groups excluding carboxylic acids is 2. The number of hydroxylamine groups is 1. The Balaban J connectivity index is 2.22. The van der Waals surface area contributed by atoms with Crippen LogP contribution in [0.15, 0.2) is 0 Å². The topological polar surface area (TPSA) is 105 Å². The number of nitrogens with one attached hydrogen (secondary N) is 2. The summed E-state index contributed by atoms with van der Waals surface area (Å²) >= 11 is 0. The minimum absolute atomic E-state index is 0.191. The van der Waals surface area contributed by atoms with Gasteiger partial charge in [-0.1, -0.05) is 0 Å². The van der Waals surface area contributed by atoms with Crippen LogP contribution >= 0.6 is 0 Å². The van der Waals surface area contributed by atoms with E-state index >= 15 is 0 Å². The van der Waals surface area contributed by atoms with Gasteiger partial charge in [-0.2, -0.15) is 0 Å².